The first-order valence-corrected chi connectivity index (χ1v) is 8.16. The number of hydrogen-bond acceptors (Lipinski definition) is 5. The number of hydrogen-bond donors (Lipinski definition) is 1. The summed E-state index contributed by atoms with van der Waals surface area (Å²) in [6, 6.07) is 6.50. The van der Waals surface area contributed by atoms with Crippen LogP contribution < -0.4 is 5.32 Å². The van der Waals surface area contributed by atoms with Gasteiger partial charge in [-0.1, -0.05) is 18.2 Å². The van der Waals surface area contributed by atoms with Crippen molar-refractivity contribution in [3.8, 4) is 0 Å². The number of nitro benzene ring substituents is 1. The molecule has 1 aliphatic heterocycles. The van der Waals surface area contributed by atoms with Crippen molar-refractivity contribution < 1.29 is 22.1 Å². The maximum absolute atomic E-state index is 13.9. The number of nitrogens with one attached hydrogen (secondary N) is 1. The second kappa shape index (κ2) is 5.27. The van der Waals surface area contributed by atoms with E-state index in [9.17, 15) is 27.3 Å². The Kier molecular flexibility index (Phi) is 3.52. The molecule has 2 aromatic carbocycles. The van der Waals surface area contributed by atoms with Gasteiger partial charge >= 0.3 is 0 Å². The molecule has 0 bridgehead atoms. The summed E-state index contributed by atoms with van der Waals surface area (Å²) in [5, 5.41) is 13.1. The molecule has 1 N–H and O–H groups in total. The first-order chi connectivity index (χ1) is 10.8. The van der Waals surface area contributed by atoms with E-state index in [2.05, 4.69) is 5.32 Å². The normalized spacial score (nSPS) is 18.4. The van der Waals surface area contributed by atoms with Crippen LogP contribution in [0.15, 0.2) is 41.3 Å². The van der Waals surface area contributed by atoms with Crippen LogP contribution in [0.2, 0.25) is 0 Å². The molecule has 0 spiro atoms. The lowest BCUT2D eigenvalue weighted by atomic mass is 10.1. The molecule has 1 aliphatic rings. The minimum atomic E-state index is -3.54. The predicted octanol–water partition coefficient (Wildman–Crippen LogP) is 2.81. The second-order valence-corrected chi connectivity index (χ2v) is 7.06. The van der Waals surface area contributed by atoms with E-state index in [1.54, 1.807) is 18.2 Å². The molecule has 1 atom stereocenters. The van der Waals surface area contributed by atoms with Gasteiger partial charge in [-0.2, -0.15) is 0 Å². The SMILES string of the molecule is O=[N+]([O-])c1cc(F)c(N[C@@H]2CS(=O)(=O)c3ccccc32)c(F)c1. The summed E-state index contributed by atoms with van der Waals surface area (Å²) in [6.45, 7) is 0. The molecule has 0 aliphatic carbocycles. The Hall–Kier alpha value is -2.55. The molecule has 0 radical (unpaired) electrons. The summed E-state index contributed by atoms with van der Waals surface area (Å²) >= 11 is 0. The number of fused-ring (bicyclic) bond motifs is 1. The molecular weight excluding hydrogens is 330 g/mol. The number of sulfone groups is 1. The van der Waals surface area contributed by atoms with Crippen LogP contribution in [0.25, 0.3) is 0 Å². The molecule has 0 saturated carbocycles. The van der Waals surface area contributed by atoms with E-state index in [0.717, 1.165) is 0 Å². The third-order valence-corrected chi connectivity index (χ3v) is 5.39. The fourth-order valence-electron chi connectivity index (χ4n) is 2.55. The van der Waals surface area contributed by atoms with Crippen LogP contribution in [0.4, 0.5) is 20.2 Å². The minimum absolute atomic E-state index is 0.111. The zero-order valence-electron chi connectivity index (χ0n) is 11.5. The standard InChI is InChI=1S/C14H10F2N2O4S/c15-10-5-8(18(19)20)6-11(16)14(10)17-12-7-23(21,22)13-4-2-1-3-9(12)13/h1-6,12,17H,7H2/t12-/m1/s1. The maximum atomic E-state index is 13.9. The fourth-order valence-corrected chi connectivity index (χ4v) is 4.28. The molecule has 0 aromatic heterocycles. The number of anilines is 1. The van der Waals surface area contributed by atoms with E-state index < -0.39 is 43.8 Å². The van der Waals surface area contributed by atoms with Gasteiger partial charge in [0.2, 0.25) is 0 Å². The van der Waals surface area contributed by atoms with Crippen molar-refractivity contribution in [2.45, 2.75) is 10.9 Å². The van der Waals surface area contributed by atoms with Gasteiger partial charge in [-0.3, -0.25) is 10.1 Å². The fraction of sp³-hybridized carbons (Fsp3) is 0.143. The first kappa shape index (κ1) is 15.3. The van der Waals surface area contributed by atoms with E-state index in [1.807, 2.05) is 0 Å². The number of nitro groups is 1. The molecule has 23 heavy (non-hydrogen) atoms. The number of non-ortho nitro benzene ring substituents is 1. The van der Waals surface area contributed by atoms with Crippen LogP contribution in [-0.4, -0.2) is 19.1 Å². The van der Waals surface area contributed by atoms with E-state index in [-0.39, 0.29) is 10.6 Å². The molecule has 120 valence electrons. The summed E-state index contributed by atoms with van der Waals surface area (Å²) < 4.78 is 52.0. The molecule has 0 fully saturated rings. The van der Waals surface area contributed by atoms with Crippen LogP contribution in [0.1, 0.15) is 11.6 Å². The van der Waals surface area contributed by atoms with Gasteiger partial charge in [-0.25, -0.2) is 17.2 Å². The van der Waals surface area contributed by atoms with Gasteiger partial charge < -0.3 is 5.32 Å². The number of benzene rings is 2. The monoisotopic (exact) mass is 340 g/mol. The predicted molar refractivity (Wildman–Crippen MR) is 77.9 cm³/mol. The molecule has 0 amide bonds. The van der Waals surface area contributed by atoms with Gasteiger partial charge in [0.1, 0.15) is 5.69 Å². The lowest BCUT2D eigenvalue weighted by Gasteiger charge is -2.15. The summed E-state index contributed by atoms with van der Waals surface area (Å²) in [6.07, 6.45) is 0. The van der Waals surface area contributed by atoms with E-state index >= 15 is 0 Å². The molecule has 2 aromatic rings. The van der Waals surface area contributed by atoms with Gasteiger partial charge in [0.25, 0.3) is 5.69 Å². The van der Waals surface area contributed by atoms with Gasteiger partial charge in [-0.15, -0.1) is 0 Å². The summed E-state index contributed by atoms with van der Waals surface area (Å²) in [5.41, 5.74) is -0.901. The highest BCUT2D eigenvalue weighted by Gasteiger charge is 2.35. The zero-order chi connectivity index (χ0) is 16.8. The second-order valence-electron chi connectivity index (χ2n) is 5.06. The largest absolute Gasteiger partial charge is 0.372 e. The Morgan fingerprint density at radius 2 is 1.78 bits per heavy atom. The van der Waals surface area contributed by atoms with Crippen LogP contribution in [-0.2, 0) is 9.84 Å². The quantitative estimate of drug-likeness (QED) is 0.685. The molecule has 0 unspecified atom stereocenters. The van der Waals surface area contributed by atoms with Crippen molar-refractivity contribution in [3.63, 3.8) is 0 Å². The average Bonchev–Trinajstić information content (AvgIpc) is 2.74. The highest BCUT2D eigenvalue weighted by Crippen LogP contribution is 2.37. The Morgan fingerprint density at radius 1 is 1.17 bits per heavy atom. The Bertz CT molecular complexity index is 892. The van der Waals surface area contributed by atoms with Gasteiger partial charge in [0.05, 0.1) is 33.7 Å². The number of nitrogens with zero attached hydrogens (tertiary/aromatic N) is 1. The van der Waals surface area contributed by atoms with Crippen LogP contribution in [0.3, 0.4) is 0 Å². The van der Waals surface area contributed by atoms with Crippen molar-refractivity contribution >= 4 is 21.2 Å². The third-order valence-electron chi connectivity index (χ3n) is 3.57. The Labute approximate surface area is 129 Å². The smallest absolute Gasteiger partial charge is 0.275 e. The highest BCUT2D eigenvalue weighted by molar-refractivity contribution is 7.91. The molecule has 1 heterocycles. The highest BCUT2D eigenvalue weighted by atomic mass is 32.2. The van der Waals surface area contributed by atoms with Crippen molar-refractivity contribution in [1.82, 2.24) is 0 Å². The zero-order valence-corrected chi connectivity index (χ0v) is 12.3. The lowest BCUT2D eigenvalue weighted by Crippen LogP contribution is -2.15. The molecule has 9 heteroatoms. The lowest BCUT2D eigenvalue weighted by molar-refractivity contribution is -0.385. The van der Waals surface area contributed by atoms with Crippen molar-refractivity contribution in [1.29, 1.82) is 0 Å². The number of rotatable bonds is 3. The molecular formula is C14H10F2N2O4S. The van der Waals surface area contributed by atoms with Crippen molar-refractivity contribution in [3.05, 3.63) is 63.7 Å². The third kappa shape index (κ3) is 2.63. The molecule has 3 rings (SSSR count). The summed E-state index contributed by atoms with van der Waals surface area (Å²) in [5.74, 6) is -2.65. The van der Waals surface area contributed by atoms with Crippen LogP contribution >= 0.6 is 0 Å². The van der Waals surface area contributed by atoms with Crippen molar-refractivity contribution in [2.75, 3.05) is 11.1 Å². The minimum Gasteiger partial charge on any atom is -0.372 e. The van der Waals surface area contributed by atoms with E-state index in [4.69, 9.17) is 0 Å². The van der Waals surface area contributed by atoms with Crippen molar-refractivity contribution in [2.24, 2.45) is 0 Å². The van der Waals surface area contributed by atoms with E-state index in [0.29, 0.717) is 17.7 Å². The van der Waals surface area contributed by atoms with Crippen LogP contribution in [0.5, 0.6) is 0 Å². The van der Waals surface area contributed by atoms with Gasteiger partial charge in [0.15, 0.2) is 21.5 Å². The molecule has 0 saturated heterocycles. The van der Waals surface area contributed by atoms with Gasteiger partial charge in [0, 0.05) is 0 Å². The van der Waals surface area contributed by atoms with Gasteiger partial charge in [-0.05, 0) is 11.6 Å². The summed E-state index contributed by atoms with van der Waals surface area (Å²) in [7, 11) is -3.54. The van der Waals surface area contributed by atoms with Crippen LogP contribution in [0, 0.1) is 21.7 Å². The maximum Gasteiger partial charge on any atom is 0.275 e. The van der Waals surface area contributed by atoms with E-state index in [1.165, 1.54) is 6.07 Å². The topological polar surface area (TPSA) is 89.3 Å². The Balaban J connectivity index is 2.00. The Morgan fingerprint density at radius 3 is 2.39 bits per heavy atom. The number of halogens is 2. The first-order valence-electron chi connectivity index (χ1n) is 6.51. The average molecular weight is 340 g/mol. The summed E-state index contributed by atoms with van der Waals surface area (Å²) in [4.78, 5) is 9.78. The molecule has 6 nitrogen and oxygen atoms in total.